The van der Waals surface area contributed by atoms with E-state index in [0.717, 1.165) is 11.4 Å². The highest BCUT2D eigenvalue weighted by atomic mass is 19.1. The molecule has 0 fully saturated rings. The first-order valence-electron chi connectivity index (χ1n) is 6.28. The van der Waals surface area contributed by atoms with Crippen molar-refractivity contribution < 1.29 is 9.50 Å². The molecule has 3 nitrogen and oxygen atoms in total. The highest BCUT2D eigenvalue weighted by Crippen LogP contribution is 2.26. The van der Waals surface area contributed by atoms with Crippen molar-refractivity contribution in [3.63, 3.8) is 0 Å². The summed E-state index contributed by atoms with van der Waals surface area (Å²) in [4.78, 5) is 0. The number of aliphatic hydroxyl groups is 1. The maximum atomic E-state index is 13.6. The summed E-state index contributed by atoms with van der Waals surface area (Å²) in [6.45, 7) is 5.31. The maximum Gasteiger partial charge on any atom is 0.126 e. The topological polar surface area (TPSA) is 38.0 Å². The van der Waals surface area contributed by atoms with Crippen LogP contribution >= 0.6 is 0 Å². The molecular weight excluding hydrogens is 243 g/mol. The number of halogens is 1. The Morgan fingerprint density at radius 1 is 1.32 bits per heavy atom. The molecule has 0 spiro atoms. The molecule has 2 aromatic rings. The smallest absolute Gasteiger partial charge is 0.126 e. The van der Waals surface area contributed by atoms with E-state index in [9.17, 15) is 9.50 Å². The summed E-state index contributed by atoms with van der Waals surface area (Å²) < 4.78 is 15.3. The molecule has 0 radical (unpaired) electrons. The number of aryl methyl sites for hydroxylation is 3. The molecule has 0 saturated carbocycles. The third-order valence-electron chi connectivity index (χ3n) is 3.42. The van der Waals surface area contributed by atoms with Crippen LogP contribution in [0, 0.1) is 19.7 Å². The first-order chi connectivity index (χ1) is 8.79. The zero-order chi connectivity index (χ0) is 14.2. The fourth-order valence-corrected chi connectivity index (χ4v) is 2.21. The van der Waals surface area contributed by atoms with Crippen LogP contribution in [0.4, 0.5) is 4.39 Å². The summed E-state index contributed by atoms with van der Waals surface area (Å²) >= 11 is 0. The Balaban J connectivity index is 2.31. The van der Waals surface area contributed by atoms with E-state index < -0.39 is 5.60 Å². The minimum Gasteiger partial charge on any atom is -0.385 e. The van der Waals surface area contributed by atoms with Gasteiger partial charge in [0, 0.05) is 19.2 Å². The molecule has 1 N–H and O–H groups in total. The van der Waals surface area contributed by atoms with Gasteiger partial charge in [0.2, 0.25) is 0 Å². The zero-order valence-electron chi connectivity index (χ0n) is 11.7. The molecule has 2 rings (SSSR count). The van der Waals surface area contributed by atoms with Crippen molar-refractivity contribution in [2.24, 2.45) is 7.05 Å². The summed E-state index contributed by atoms with van der Waals surface area (Å²) in [5, 5.41) is 14.8. The van der Waals surface area contributed by atoms with Crippen molar-refractivity contribution >= 4 is 0 Å². The van der Waals surface area contributed by atoms with E-state index in [0.29, 0.717) is 17.5 Å². The Hall–Kier alpha value is -1.68. The van der Waals surface area contributed by atoms with Gasteiger partial charge in [0.05, 0.1) is 11.3 Å². The molecule has 0 aliphatic heterocycles. The number of nitrogens with zero attached hydrogens (tertiary/aromatic N) is 2. The number of hydrogen-bond acceptors (Lipinski definition) is 2. The summed E-state index contributed by atoms with van der Waals surface area (Å²) in [7, 11) is 1.84. The van der Waals surface area contributed by atoms with Crippen LogP contribution in [0.2, 0.25) is 0 Å². The lowest BCUT2D eigenvalue weighted by atomic mass is 9.90. The third kappa shape index (κ3) is 2.84. The zero-order valence-corrected chi connectivity index (χ0v) is 11.7. The molecule has 19 heavy (non-hydrogen) atoms. The Labute approximate surface area is 112 Å². The third-order valence-corrected chi connectivity index (χ3v) is 3.42. The Bertz CT molecular complexity index is 602. The van der Waals surface area contributed by atoms with Gasteiger partial charge in [-0.25, -0.2) is 4.39 Å². The van der Waals surface area contributed by atoms with Crippen LogP contribution in [-0.2, 0) is 19.1 Å². The van der Waals surface area contributed by atoms with E-state index in [4.69, 9.17) is 0 Å². The van der Waals surface area contributed by atoms with Gasteiger partial charge in [-0.05, 0) is 44.0 Å². The molecule has 1 heterocycles. The van der Waals surface area contributed by atoms with E-state index in [1.165, 1.54) is 6.07 Å². The number of rotatable bonds is 3. The molecule has 1 aromatic carbocycles. The molecule has 1 unspecified atom stereocenters. The molecular formula is C15H19FN2O. The van der Waals surface area contributed by atoms with Crippen LogP contribution in [0.25, 0.3) is 0 Å². The lowest BCUT2D eigenvalue weighted by molar-refractivity contribution is 0.0552. The van der Waals surface area contributed by atoms with Crippen LogP contribution in [0.1, 0.15) is 29.4 Å². The van der Waals surface area contributed by atoms with Gasteiger partial charge in [0.15, 0.2) is 0 Å². The second kappa shape index (κ2) is 4.78. The Morgan fingerprint density at radius 2 is 2.00 bits per heavy atom. The fraction of sp³-hybridized carbons (Fsp3) is 0.400. The molecule has 102 valence electrons. The number of benzene rings is 1. The van der Waals surface area contributed by atoms with Crippen LogP contribution < -0.4 is 0 Å². The molecule has 1 atom stereocenters. The van der Waals surface area contributed by atoms with Crippen molar-refractivity contribution in [3.05, 3.63) is 52.6 Å². The monoisotopic (exact) mass is 262 g/mol. The van der Waals surface area contributed by atoms with Crippen LogP contribution in [-0.4, -0.2) is 14.9 Å². The quantitative estimate of drug-likeness (QED) is 0.923. The second-order valence-electron chi connectivity index (χ2n) is 5.32. The van der Waals surface area contributed by atoms with Gasteiger partial charge in [-0.15, -0.1) is 0 Å². The van der Waals surface area contributed by atoms with Crippen molar-refractivity contribution in [2.75, 3.05) is 0 Å². The van der Waals surface area contributed by atoms with Crippen molar-refractivity contribution in [1.82, 2.24) is 9.78 Å². The van der Waals surface area contributed by atoms with Gasteiger partial charge < -0.3 is 5.11 Å². The Kier molecular flexibility index (Phi) is 3.45. The van der Waals surface area contributed by atoms with Crippen molar-refractivity contribution in [1.29, 1.82) is 0 Å². The summed E-state index contributed by atoms with van der Waals surface area (Å²) in [6, 6.07) is 6.78. The average Bonchev–Trinajstić information content (AvgIpc) is 2.60. The maximum absolute atomic E-state index is 13.6. The van der Waals surface area contributed by atoms with Gasteiger partial charge in [0.25, 0.3) is 0 Å². The summed E-state index contributed by atoms with van der Waals surface area (Å²) in [6.07, 6.45) is 0.396. The highest BCUT2D eigenvalue weighted by Gasteiger charge is 2.26. The molecule has 0 saturated heterocycles. The SMILES string of the molecule is Cc1cc(CC(C)(O)c2ccc(C)c(F)c2)n(C)n1. The molecule has 0 aliphatic rings. The first kappa shape index (κ1) is 13.7. The van der Waals surface area contributed by atoms with E-state index in [2.05, 4.69) is 5.10 Å². The number of aromatic nitrogens is 2. The molecule has 0 bridgehead atoms. The van der Waals surface area contributed by atoms with E-state index >= 15 is 0 Å². The lowest BCUT2D eigenvalue weighted by Gasteiger charge is -2.24. The Morgan fingerprint density at radius 3 is 2.53 bits per heavy atom. The van der Waals surface area contributed by atoms with Crippen LogP contribution in [0.3, 0.4) is 0 Å². The van der Waals surface area contributed by atoms with E-state index in [1.807, 2.05) is 20.0 Å². The predicted octanol–water partition coefficient (Wildman–Crippen LogP) is 2.63. The molecule has 4 heteroatoms. The minimum absolute atomic E-state index is 0.293. The standard InChI is InChI=1S/C15H19FN2O/c1-10-5-6-12(8-14(10)16)15(3,19)9-13-7-11(2)17-18(13)4/h5-8,19H,9H2,1-4H3. The highest BCUT2D eigenvalue weighted by molar-refractivity contribution is 5.29. The largest absolute Gasteiger partial charge is 0.385 e. The first-order valence-corrected chi connectivity index (χ1v) is 6.28. The van der Waals surface area contributed by atoms with Gasteiger partial charge in [-0.3, -0.25) is 4.68 Å². The van der Waals surface area contributed by atoms with Gasteiger partial charge in [0.1, 0.15) is 5.82 Å². The molecule has 0 aliphatic carbocycles. The molecule has 0 amide bonds. The average molecular weight is 262 g/mol. The fourth-order valence-electron chi connectivity index (χ4n) is 2.21. The molecule has 1 aromatic heterocycles. The minimum atomic E-state index is -1.12. The van der Waals surface area contributed by atoms with Gasteiger partial charge in [-0.2, -0.15) is 5.10 Å². The lowest BCUT2D eigenvalue weighted by Crippen LogP contribution is -2.25. The van der Waals surface area contributed by atoms with E-state index in [-0.39, 0.29) is 5.82 Å². The van der Waals surface area contributed by atoms with Crippen molar-refractivity contribution in [2.45, 2.75) is 32.8 Å². The van der Waals surface area contributed by atoms with Crippen molar-refractivity contribution in [3.8, 4) is 0 Å². The predicted molar refractivity (Wildman–Crippen MR) is 72.4 cm³/mol. The summed E-state index contributed by atoms with van der Waals surface area (Å²) in [5.74, 6) is -0.293. The van der Waals surface area contributed by atoms with Crippen LogP contribution in [0.5, 0.6) is 0 Å². The van der Waals surface area contributed by atoms with Crippen LogP contribution in [0.15, 0.2) is 24.3 Å². The van der Waals surface area contributed by atoms with E-state index in [1.54, 1.807) is 30.7 Å². The second-order valence-corrected chi connectivity index (χ2v) is 5.32. The number of hydrogen-bond donors (Lipinski definition) is 1. The normalized spacial score (nSPS) is 14.4. The van der Waals surface area contributed by atoms with Gasteiger partial charge in [-0.1, -0.05) is 12.1 Å². The summed E-state index contributed by atoms with van der Waals surface area (Å²) in [5.41, 5.74) is 1.87. The van der Waals surface area contributed by atoms with Gasteiger partial charge >= 0.3 is 0 Å².